The molecule has 4 aromatic rings. The van der Waals surface area contributed by atoms with Crippen LogP contribution in [-0.4, -0.2) is 20.4 Å². The Hall–Kier alpha value is -4.12. The first kappa shape index (κ1) is 35.7. The van der Waals surface area contributed by atoms with Crippen LogP contribution in [0.1, 0.15) is 128 Å². The predicted molar refractivity (Wildman–Crippen MR) is 193 cm³/mol. The number of hydrogen-bond donors (Lipinski definition) is 4. The van der Waals surface area contributed by atoms with Gasteiger partial charge in [0.15, 0.2) is 23.0 Å². The third-order valence-electron chi connectivity index (χ3n) is 8.91. The van der Waals surface area contributed by atoms with E-state index in [1.165, 1.54) is 0 Å². The van der Waals surface area contributed by atoms with Gasteiger partial charge in [-0.25, -0.2) is 0 Å². The average Bonchev–Trinajstić information content (AvgIpc) is 2.92. The normalized spacial score (nSPS) is 12.8. The van der Waals surface area contributed by atoms with Crippen molar-refractivity contribution in [2.45, 2.75) is 118 Å². The molecule has 4 aromatic carbocycles. The average molecular weight is 639 g/mol. The third-order valence-corrected chi connectivity index (χ3v) is 8.91. The first-order valence-electron chi connectivity index (χ1n) is 16.5. The second kappa shape index (κ2) is 12.5. The number of phenolic OH excluding ortho intramolecular Hbond substituents is 4. The fourth-order valence-corrected chi connectivity index (χ4v) is 5.54. The van der Waals surface area contributed by atoms with Crippen molar-refractivity contribution >= 4 is 0 Å². The summed E-state index contributed by atoms with van der Waals surface area (Å²) in [7, 11) is 0. The van der Waals surface area contributed by atoms with Crippen LogP contribution >= 0.6 is 0 Å². The van der Waals surface area contributed by atoms with Gasteiger partial charge in [-0.1, -0.05) is 119 Å². The van der Waals surface area contributed by atoms with E-state index in [1.807, 2.05) is 48.5 Å². The molecule has 0 spiro atoms. The van der Waals surface area contributed by atoms with E-state index < -0.39 is 0 Å². The highest BCUT2D eigenvalue weighted by Gasteiger charge is 2.25. The van der Waals surface area contributed by atoms with Crippen LogP contribution in [0, 0.1) is 0 Å². The summed E-state index contributed by atoms with van der Waals surface area (Å²) in [5, 5.41) is 44.9. The molecule has 0 saturated heterocycles. The Labute approximate surface area is 281 Å². The molecule has 0 heterocycles. The topological polar surface area (TPSA) is 90.2 Å². The number of phenols is 4. The van der Waals surface area contributed by atoms with Crippen LogP contribution in [0.5, 0.6) is 34.5 Å². The Morgan fingerprint density at radius 1 is 0.404 bits per heavy atom. The van der Waals surface area contributed by atoms with Crippen LogP contribution in [0.25, 0.3) is 0 Å². The van der Waals surface area contributed by atoms with E-state index in [1.54, 1.807) is 12.1 Å². The minimum atomic E-state index is -0.272. The van der Waals surface area contributed by atoms with Gasteiger partial charge in [0.05, 0.1) is 0 Å². The van der Waals surface area contributed by atoms with E-state index in [9.17, 15) is 20.4 Å². The van der Waals surface area contributed by atoms with E-state index in [4.69, 9.17) is 4.74 Å². The Kier molecular flexibility index (Phi) is 9.49. The number of hydrogen-bond acceptors (Lipinski definition) is 5. The highest BCUT2D eigenvalue weighted by molar-refractivity contribution is 5.58. The first-order valence-corrected chi connectivity index (χ1v) is 16.5. The fraction of sp³-hybridized carbons (Fsp3) is 0.429. The van der Waals surface area contributed by atoms with E-state index in [2.05, 4.69) is 83.1 Å². The molecule has 0 amide bonds. The van der Waals surface area contributed by atoms with Crippen LogP contribution in [0.2, 0.25) is 0 Å². The van der Waals surface area contributed by atoms with Crippen LogP contribution in [0.4, 0.5) is 0 Å². The lowest BCUT2D eigenvalue weighted by molar-refractivity contribution is 0.378. The number of ether oxygens (including phenoxy) is 1. The number of rotatable bonds is 6. The second-order valence-corrected chi connectivity index (χ2v) is 17.1. The zero-order valence-corrected chi connectivity index (χ0v) is 30.4. The van der Waals surface area contributed by atoms with Gasteiger partial charge in [-0.2, -0.15) is 0 Å². The molecule has 0 aliphatic heterocycles. The van der Waals surface area contributed by atoms with Crippen molar-refractivity contribution in [3.05, 3.63) is 105 Å². The maximum Gasteiger partial charge on any atom is 0.169 e. The van der Waals surface area contributed by atoms with Gasteiger partial charge in [-0.3, -0.25) is 0 Å². The van der Waals surface area contributed by atoms with Crippen molar-refractivity contribution < 1.29 is 25.2 Å². The zero-order chi connectivity index (χ0) is 35.3. The van der Waals surface area contributed by atoms with Gasteiger partial charge in [0, 0.05) is 24.0 Å². The molecule has 4 N–H and O–H groups in total. The Bertz CT molecular complexity index is 1640. The summed E-state index contributed by atoms with van der Waals surface area (Å²) in [5.41, 5.74) is 5.96. The molecular formula is C42H54O5. The highest BCUT2D eigenvalue weighted by Crippen LogP contribution is 2.45. The quantitative estimate of drug-likeness (QED) is 0.169. The van der Waals surface area contributed by atoms with Crippen molar-refractivity contribution in [2.75, 3.05) is 0 Å². The number of benzene rings is 4. The summed E-state index contributed by atoms with van der Waals surface area (Å²) in [6.07, 6.45) is 0.592. The predicted octanol–water partition coefficient (Wildman–Crippen LogP) is 10.7. The molecule has 0 aliphatic carbocycles. The van der Waals surface area contributed by atoms with Crippen molar-refractivity contribution in [3.8, 4) is 34.5 Å². The molecule has 252 valence electrons. The van der Waals surface area contributed by atoms with Crippen molar-refractivity contribution in [1.29, 1.82) is 0 Å². The summed E-state index contributed by atoms with van der Waals surface area (Å²) < 4.78 is 6.46. The van der Waals surface area contributed by atoms with Gasteiger partial charge in [-0.05, 0) is 79.3 Å². The fourth-order valence-electron chi connectivity index (χ4n) is 5.54. The largest absolute Gasteiger partial charge is 0.508 e. The summed E-state index contributed by atoms with van der Waals surface area (Å²) in [6, 6.07) is 18.9. The first-order chi connectivity index (χ1) is 21.4. The van der Waals surface area contributed by atoms with E-state index in [-0.39, 0.29) is 56.2 Å². The molecule has 0 radical (unpaired) electrons. The zero-order valence-electron chi connectivity index (χ0n) is 30.4. The smallest absolute Gasteiger partial charge is 0.169 e. The Morgan fingerprint density at radius 2 is 0.702 bits per heavy atom. The lowest BCUT2D eigenvalue weighted by Crippen LogP contribution is -2.13. The summed E-state index contributed by atoms with van der Waals surface area (Å²) in [6.45, 7) is 25.3. The minimum absolute atomic E-state index is 0.0452. The molecule has 0 aromatic heterocycles. The molecule has 0 unspecified atom stereocenters. The molecule has 47 heavy (non-hydrogen) atoms. The third kappa shape index (κ3) is 8.25. The van der Waals surface area contributed by atoms with Gasteiger partial charge < -0.3 is 25.2 Å². The molecule has 0 bridgehead atoms. The lowest BCUT2D eigenvalue weighted by Gasteiger charge is -2.25. The lowest BCUT2D eigenvalue weighted by atomic mass is 9.83. The molecule has 5 nitrogen and oxygen atoms in total. The van der Waals surface area contributed by atoms with Crippen LogP contribution < -0.4 is 4.74 Å². The van der Waals surface area contributed by atoms with Gasteiger partial charge in [0.25, 0.3) is 0 Å². The highest BCUT2D eigenvalue weighted by atomic mass is 16.5. The molecular weight excluding hydrogens is 584 g/mol. The molecule has 0 aliphatic rings. The van der Waals surface area contributed by atoms with E-state index in [0.717, 1.165) is 22.3 Å². The van der Waals surface area contributed by atoms with Crippen LogP contribution in [-0.2, 0) is 34.5 Å². The van der Waals surface area contributed by atoms with Crippen LogP contribution in [0.3, 0.4) is 0 Å². The maximum atomic E-state index is 11.7. The summed E-state index contributed by atoms with van der Waals surface area (Å²) in [4.78, 5) is 0. The van der Waals surface area contributed by atoms with Crippen molar-refractivity contribution in [1.82, 2.24) is 0 Å². The molecule has 0 saturated carbocycles. The van der Waals surface area contributed by atoms with Crippen LogP contribution in [0.15, 0.2) is 60.7 Å². The molecule has 4 rings (SSSR count). The minimum Gasteiger partial charge on any atom is -0.508 e. The summed E-state index contributed by atoms with van der Waals surface area (Å²) >= 11 is 0. The molecule has 0 fully saturated rings. The molecule has 5 heteroatoms. The van der Waals surface area contributed by atoms with Gasteiger partial charge in [-0.15, -0.1) is 0 Å². The van der Waals surface area contributed by atoms with Gasteiger partial charge in [0.2, 0.25) is 0 Å². The Morgan fingerprint density at radius 3 is 1.00 bits per heavy atom. The SMILES string of the molecule is CC(C)(C)c1ccc(O)c(Cc2cc(C(C)(C)C)cc(Oc3cc(C(C)(C)C)cc(Cc4cc(C(C)(C)C)ccc4O)c3O)c2O)c1. The summed E-state index contributed by atoms with van der Waals surface area (Å²) in [5.74, 6) is 0.694. The van der Waals surface area contributed by atoms with Crippen molar-refractivity contribution in [2.24, 2.45) is 0 Å². The van der Waals surface area contributed by atoms with Gasteiger partial charge >= 0.3 is 0 Å². The van der Waals surface area contributed by atoms with E-state index >= 15 is 0 Å². The standard InChI is InChI=1S/C42H54O5/c1-39(2,3)29-13-15-33(43)25(19-29)17-27-21-31(41(7,8)9)23-35(37(27)45)47-36-24-32(42(10,11)12)22-28(38(36)46)18-26-20-30(40(4,5)6)14-16-34(26)44/h13-16,19-24,43-46H,17-18H2,1-12H3. The Balaban J connectivity index is 1.85. The molecule has 0 atom stereocenters. The van der Waals surface area contributed by atoms with Crippen molar-refractivity contribution in [3.63, 3.8) is 0 Å². The number of aromatic hydroxyl groups is 4. The monoisotopic (exact) mass is 638 g/mol. The van der Waals surface area contributed by atoms with Gasteiger partial charge in [0.1, 0.15) is 11.5 Å². The maximum absolute atomic E-state index is 11.7. The second-order valence-electron chi connectivity index (χ2n) is 17.1. The van der Waals surface area contributed by atoms with E-state index in [0.29, 0.717) is 35.1 Å².